The summed E-state index contributed by atoms with van der Waals surface area (Å²) in [6.07, 6.45) is 1.73. The average Bonchev–Trinajstić information content (AvgIpc) is 2.67. The van der Waals surface area contributed by atoms with Crippen LogP contribution in [0.4, 0.5) is 17.3 Å². The zero-order chi connectivity index (χ0) is 20.4. The Kier molecular flexibility index (Phi) is 4.58. The largest absolute Gasteiger partial charge is 0.497 e. The monoisotopic (exact) mass is 378 g/mol. The number of nitrogen functional groups attached to an aromatic ring is 2. The Morgan fingerprint density at radius 1 is 1.39 bits per heavy atom. The smallest absolute Gasteiger partial charge is 0.336 e. The molecule has 0 radical (unpaired) electrons. The quantitative estimate of drug-likeness (QED) is 0.375. The maximum atomic E-state index is 11.8. The van der Waals surface area contributed by atoms with Crippen molar-refractivity contribution in [3.63, 3.8) is 0 Å². The Balaban J connectivity index is 2.31. The molecule has 11 nitrogen and oxygen atoms in total. The highest BCUT2D eigenvalue weighted by molar-refractivity contribution is 5.99. The van der Waals surface area contributed by atoms with Crippen molar-refractivity contribution in [2.75, 3.05) is 23.9 Å². The van der Waals surface area contributed by atoms with E-state index in [4.69, 9.17) is 21.5 Å². The van der Waals surface area contributed by atoms with Crippen LogP contribution in [0.15, 0.2) is 23.2 Å². The zero-order valence-corrected chi connectivity index (χ0v) is 14.5. The molecule has 7 N–H and O–H groups in total. The van der Waals surface area contributed by atoms with Crippen LogP contribution >= 0.6 is 0 Å². The van der Waals surface area contributed by atoms with E-state index in [2.05, 4.69) is 20.6 Å². The van der Waals surface area contributed by atoms with Gasteiger partial charge in [0.1, 0.15) is 35.1 Å². The van der Waals surface area contributed by atoms with Gasteiger partial charge in [-0.15, -0.1) is 0 Å². The minimum Gasteiger partial charge on any atom is -0.497 e. The van der Waals surface area contributed by atoms with Gasteiger partial charge in [-0.1, -0.05) is 6.07 Å². The number of aromatic carboxylic acids is 1. The first-order chi connectivity index (χ1) is 13.4. The van der Waals surface area contributed by atoms with Gasteiger partial charge in [0.25, 0.3) is 0 Å². The van der Waals surface area contributed by atoms with Crippen LogP contribution in [0, 0.1) is 22.8 Å². The van der Waals surface area contributed by atoms with E-state index in [1.807, 2.05) is 6.07 Å². The number of fused-ring (bicyclic) bond motifs is 1. The standard InChI is InChI=1S/C17H14N8O3/c1-28-7-2-3-8(9(4-7)16(26)27)13-11-12(20)10(5-18)14(21)24-15(11)25-17(23-13)22-6-19/h2-4,13H,1H3,(H,26,27)(H6,20,21,22,23,24,25). The van der Waals surface area contributed by atoms with E-state index >= 15 is 0 Å². The molecule has 2 heterocycles. The number of nitrogens with zero attached hydrogens (tertiary/aromatic N) is 4. The van der Waals surface area contributed by atoms with Gasteiger partial charge in [0.15, 0.2) is 6.19 Å². The number of nitrogens with two attached hydrogens (primary N) is 2. The first kappa shape index (κ1) is 18.3. The van der Waals surface area contributed by atoms with Gasteiger partial charge in [0, 0.05) is 5.56 Å². The molecule has 3 rings (SSSR count). The van der Waals surface area contributed by atoms with Gasteiger partial charge in [-0.05, 0) is 17.7 Å². The Hall–Kier alpha value is -4.51. The number of carbonyl (C=O) groups is 1. The number of hydrogen-bond acceptors (Lipinski definition) is 10. The first-order valence-electron chi connectivity index (χ1n) is 7.81. The molecule has 0 bridgehead atoms. The van der Waals surface area contributed by atoms with Crippen molar-refractivity contribution in [2.24, 2.45) is 4.99 Å². The van der Waals surface area contributed by atoms with Gasteiger partial charge in [-0.2, -0.15) is 10.5 Å². The number of pyridine rings is 1. The lowest BCUT2D eigenvalue weighted by Crippen LogP contribution is -2.33. The first-order valence-corrected chi connectivity index (χ1v) is 7.81. The fourth-order valence-corrected chi connectivity index (χ4v) is 2.89. The molecule has 1 aliphatic heterocycles. The minimum atomic E-state index is -1.21. The van der Waals surface area contributed by atoms with E-state index in [0.717, 1.165) is 0 Å². The maximum absolute atomic E-state index is 11.8. The van der Waals surface area contributed by atoms with Gasteiger partial charge in [-0.3, -0.25) is 5.32 Å². The normalized spacial score (nSPS) is 14.5. The summed E-state index contributed by atoms with van der Waals surface area (Å²) in [4.78, 5) is 20.3. The molecule has 0 spiro atoms. The number of guanidine groups is 1. The molecule has 0 fully saturated rings. The Bertz CT molecular complexity index is 1100. The summed E-state index contributed by atoms with van der Waals surface area (Å²) < 4.78 is 5.09. The second kappa shape index (κ2) is 7.01. The lowest BCUT2D eigenvalue weighted by Gasteiger charge is -2.27. The van der Waals surface area contributed by atoms with Crippen LogP contribution in [0.3, 0.4) is 0 Å². The zero-order valence-electron chi connectivity index (χ0n) is 14.5. The molecule has 0 amide bonds. The number of nitriles is 2. The Labute approximate surface area is 158 Å². The number of hydrogen-bond donors (Lipinski definition) is 5. The summed E-state index contributed by atoms with van der Waals surface area (Å²) >= 11 is 0. The molecule has 1 aromatic carbocycles. The third kappa shape index (κ3) is 2.93. The van der Waals surface area contributed by atoms with Gasteiger partial charge < -0.3 is 26.6 Å². The Morgan fingerprint density at radius 2 is 2.14 bits per heavy atom. The molecule has 0 saturated carbocycles. The lowest BCUT2D eigenvalue weighted by atomic mass is 9.91. The van der Waals surface area contributed by atoms with Crippen LogP contribution in [-0.4, -0.2) is 29.1 Å². The van der Waals surface area contributed by atoms with E-state index in [-0.39, 0.29) is 45.5 Å². The molecular formula is C17H14N8O3. The molecule has 0 saturated heterocycles. The lowest BCUT2D eigenvalue weighted by molar-refractivity contribution is 0.0695. The number of anilines is 3. The number of aliphatic imine (C=N–C) groups is 1. The molecule has 28 heavy (non-hydrogen) atoms. The highest BCUT2D eigenvalue weighted by atomic mass is 16.5. The third-order valence-corrected chi connectivity index (χ3v) is 4.14. The topological polar surface area (TPSA) is 195 Å². The van der Waals surface area contributed by atoms with E-state index in [1.54, 1.807) is 12.3 Å². The molecular weight excluding hydrogens is 364 g/mol. The van der Waals surface area contributed by atoms with E-state index in [9.17, 15) is 15.2 Å². The third-order valence-electron chi connectivity index (χ3n) is 4.14. The number of carboxylic acids is 1. The van der Waals surface area contributed by atoms with E-state index in [1.165, 1.54) is 19.2 Å². The van der Waals surface area contributed by atoms with Crippen molar-refractivity contribution in [3.8, 4) is 18.0 Å². The fourth-order valence-electron chi connectivity index (χ4n) is 2.89. The number of aromatic nitrogens is 1. The fraction of sp³-hybridized carbons (Fsp3) is 0.118. The molecule has 1 atom stereocenters. The van der Waals surface area contributed by atoms with Gasteiger partial charge in [0.05, 0.1) is 18.4 Å². The summed E-state index contributed by atoms with van der Waals surface area (Å²) in [6, 6.07) is 5.37. The molecule has 2 aromatic rings. The molecule has 11 heteroatoms. The van der Waals surface area contributed by atoms with Gasteiger partial charge in [-0.25, -0.2) is 14.8 Å². The van der Waals surface area contributed by atoms with Crippen molar-refractivity contribution in [3.05, 3.63) is 40.5 Å². The van der Waals surface area contributed by atoms with E-state index in [0.29, 0.717) is 5.75 Å². The SMILES string of the molecule is COc1ccc(C2N=C(NC#N)Nc3nc(N)c(C#N)c(N)c32)c(C(=O)O)c1. The number of rotatable bonds is 3. The maximum Gasteiger partial charge on any atom is 0.336 e. The molecule has 0 aliphatic carbocycles. The predicted molar refractivity (Wildman–Crippen MR) is 99.4 cm³/mol. The van der Waals surface area contributed by atoms with Gasteiger partial charge >= 0.3 is 5.97 Å². The summed E-state index contributed by atoms with van der Waals surface area (Å²) in [5, 5.41) is 33.0. The van der Waals surface area contributed by atoms with Crippen LogP contribution < -0.4 is 26.8 Å². The summed E-state index contributed by atoms with van der Waals surface area (Å²) in [7, 11) is 1.41. The van der Waals surface area contributed by atoms with Crippen molar-refractivity contribution in [1.29, 1.82) is 10.5 Å². The summed E-state index contributed by atoms with van der Waals surface area (Å²) in [6.45, 7) is 0. The van der Waals surface area contributed by atoms with Crippen LogP contribution in [0.25, 0.3) is 0 Å². The average molecular weight is 378 g/mol. The van der Waals surface area contributed by atoms with E-state index < -0.39 is 12.0 Å². The Morgan fingerprint density at radius 3 is 2.75 bits per heavy atom. The van der Waals surface area contributed by atoms with Crippen LogP contribution in [-0.2, 0) is 0 Å². The number of nitrogens with one attached hydrogen (secondary N) is 2. The van der Waals surface area contributed by atoms with Crippen LogP contribution in [0.1, 0.15) is 33.1 Å². The molecule has 1 aromatic heterocycles. The minimum absolute atomic E-state index is 0.0226. The number of benzene rings is 1. The van der Waals surface area contributed by atoms with Gasteiger partial charge in [0.2, 0.25) is 5.96 Å². The number of ether oxygens (including phenoxy) is 1. The second-order valence-corrected chi connectivity index (χ2v) is 5.66. The molecule has 140 valence electrons. The van der Waals surface area contributed by atoms with Crippen molar-refractivity contribution in [2.45, 2.75) is 6.04 Å². The predicted octanol–water partition coefficient (Wildman–Crippen LogP) is 0.766. The number of carboxylic acid groups (broad SMARTS) is 1. The van der Waals surface area contributed by atoms with Crippen molar-refractivity contribution < 1.29 is 14.6 Å². The van der Waals surface area contributed by atoms with Crippen LogP contribution in [0.5, 0.6) is 5.75 Å². The van der Waals surface area contributed by atoms with Crippen molar-refractivity contribution in [1.82, 2.24) is 10.3 Å². The summed E-state index contributed by atoms with van der Waals surface area (Å²) in [5.74, 6) is -0.768. The van der Waals surface area contributed by atoms with Crippen molar-refractivity contribution >= 4 is 29.3 Å². The highest BCUT2D eigenvalue weighted by Gasteiger charge is 2.32. The number of methoxy groups -OCH3 is 1. The highest BCUT2D eigenvalue weighted by Crippen LogP contribution is 2.41. The van der Waals surface area contributed by atoms with Crippen LogP contribution in [0.2, 0.25) is 0 Å². The molecule has 1 unspecified atom stereocenters. The summed E-state index contributed by atoms with van der Waals surface area (Å²) in [5.41, 5.74) is 12.4. The molecule has 1 aliphatic rings. The second-order valence-electron chi connectivity index (χ2n) is 5.66.